The average molecular weight is 272 g/mol. The highest BCUT2D eigenvalue weighted by Gasteiger charge is 2.15. The van der Waals surface area contributed by atoms with Crippen LogP contribution in [0.15, 0.2) is 41.6 Å². The number of nitrogens with two attached hydrogens (primary N) is 1. The first-order chi connectivity index (χ1) is 7.99. The van der Waals surface area contributed by atoms with E-state index in [1.54, 1.807) is 6.07 Å². The minimum atomic E-state index is -3.63. The lowest BCUT2D eigenvalue weighted by molar-refractivity contribution is 0.601. The molecule has 0 aliphatic carbocycles. The molecule has 0 aliphatic rings. The van der Waals surface area contributed by atoms with Crippen molar-refractivity contribution >= 4 is 33.0 Å². The molecule has 1 aromatic carbocycles. The SMILES string of the molecule is Nc1ccc(Cl)c(NS(=O)(=O)c2cc[nH]c2)c1. The molecule has 17 heavy (non-hydrogen) atoms. The third-order valence-electron chi connectivity index (χ3n) is 2.11. The van der Waals surface area contributed by atoms with Gasteiger partial charge >= 0.3 is 0 Å². The van der Waals surface area contributed by atoms with Gasteiger partial charge in [0.25, 0.3) is 10.0 Å². The number of H-pyrrole nitrogens is 1. The van der Waals surface area contributed by atoms with Crippen molar-refractivity contribution in [2.75, 3.05) is 10.5 Å². The van der Waals surface area contributed by atoms with E-state index in [4.69, 9.17) is 17.3 Å². The normalized spacial score (nSPS) is 11.4. The molecule has 90 valence electrons. The van der Waals surface area contributed by atoms with Crippen molar-refractivity contribution in [3.8, 4) is 0 Å². The van der Waals surface area contributed by atoms with Crippen LogP contribution >= 0.6 is 11.6 Å². The zero-order valence-corrected chi connectivity index (χ0v) is 10.2. The maximum absolute atomic E-state index is 11.9. The Bertz CT molecular complexity index is 623. The topological polar surface area (TPSA) is 88.0 Å². The maximum atomic E-state index is 11.9. The lowest BCUT2D eigenvalue weighted by Gasteiger charge is -2.08. The van der Waals surface area contributed by atoms with Gasteiger partial charge in [0.15, 0.2) is 0 Å². The summed E-state index contributed by atoms with van der Waals surface area (Å²) in [6.07, 6.45) is 2.90. The van der Waals surface area contributed by atoms with Crippen LogP contribution < -0.4 is 10.5 Å². The highest BCUT2D eigenvalue weighted by atomic mass is 35.5. The predicted molar refractivity (Wildman–Crippen MR) is 67.5 cm³/mol. The first-order valence-corrected chi connectivity index (χ1v) is 6.56. The molecule has 7 heteroatoms. The quantitative estimate of drug-likeness (QED) is 0.747. The summed E-state index contributed by atoms with van der Waals surface area (Å²) in [5, 5.41) is 0.290. The summed E-state index contributed by atoms with van der Waals surface area (Å²) in [6.45, 7) is 0. The Kier molecular flexibility index (Phi) is 2.99. The highest BCUT2D eigenvalue weighted by Crippen LogP contribution is 2.26. The van der Waals surface area contributed by atoms with Crippen LogP contribution in [0.3, 0.4) is 0 Å². The number of hydrogen-bond donors (Lipinski definition) is 3. The number of aromatic nitrogens is 1. The van der Waals surface area contributed by atoms with Crippen LogP contribution in [-0.2, 0) is 10.0 Å². The molecule has 0 unspecified atom stereocenters. The van der Waals surface area contributed by atoms with Crippen LogP contribution in [0.4, 0.5) is 11.4 Å². The van der Waals surface area contributed by atoms with Gasteiger partial charge in [0.05, 0.1) is 10.7 Å². The van der Waals surface area contributed by atoms with Gasteiger partial charge in [-0.25, -0.2) is 8.42 Å². The van der Waals surface area contributed by atoms with Crippen LogP contribution in [-0.4, -0.2) is 13.4 Å². The molecule has 0 atom stereocenters. The average Bonchev–Trinajstić information content (AvgIpc) is 2.77. The Morgan fingerprint density at radius 1 is 1.29 bits per heavy atom. The van der Waals surface area contributed by atoms with Crippen molar-refractivity contribution in [1.29, 1.82) is 0 Å². The molecule has 5 nitrogen and oxygen atoms in total. The summed E-state index contributed by atoms with van der Waals surface area (Å²) >= 11 is 5.87. The van der Waals surface area contributed by atoms with E-state index >= 15 is 0 Å². The molecule has 0 spiro atoms. The van der Waals surface area contributed by atoms with Crippen molar-refractivity contribution in [1.82, 2.24) is 4.98 Å². The van der Waals surface area contributed by atoms with Gasteiger partial charge in [-0.2, -0.15) is 0 Å². The summed E-state index contributed by atoms with van der Waals surface area (Å²) in [7, 11) is -3.63. The fourth-order valence-electron chi connectivity index (χ4n) is 1.30. The fraction of sp³-hybridized carbons (Fsp3) is 0. The van der Waals surface area contributed by atoms with Gasteiger partial charge in [-0.3, -0.25) is 4.72 Å². The van der Waals surface area contributed by atoms with E-state index in [0.29, 0.717) is 10.7 Å². The molecular weight excluding hydrogens is 262 g/mol. The van der Waals surface area contributed by atoms with Crippen molar-refractivity contribution in [3.05, 3.63) is 41.7 Å². The van der Waals surface area contributed by atoms with E-state index in [0.717, 1.165) is 0 Å². The van der Waals surface area contributed by atoms with Gasteiger partial charge in [0.2, 0.25) is 0 Å². The lowest BCUT2D eigenvalue weighted by Crippen LogP contribution is -2.12. The number of anilines is 2. The predicted octanol–water partition coefficient (Wildman–Crippen LogP) is 2.05. The number of aromatic amines is 1. The first kappa shape index (κ1) is 11.8. The third kappa shape index (κ3) is 2.54. The zero-order chi connectivity index (χ0) is 12.5. The summed E-state index contributed by atoms with van der Waals surface area (Å²) in [6, 6.07) is 6.04. The van der Waals surface area contributed by atoms with Gasteiger partial charge in [0, 0.05) is 18.1 Å². The van der Waals surface area contributed by atoms with E-state index < -0.39 is 10.0 Å². The number of sulfonamides is 1. The molecular formula is C10H10ClN3O2S. The number of halogens is 1. The van der Waals surface area contributed by atoms with E-state index in [1.807, 2.05) is 0 Å². The molecule has 0 fully saturated rings. The monoisotopic (exact) mass is 271 g/mol. The summed E-state index contributed by atoms with van der Waals surface area (Å²) in [5.41, 5.74) is 6.25. The number of nitrogen functional groups attached to an aromatic ring is 1. The van der Waals surface area contributed by atoms with Crippen molar-refractivity contribution in [2.45, 2.75) is 4.90 Å². The lowest BCUT2D eigenvalue weighted by atomic mass is 10.3. The Morgan fingerprint density at radius 2 is 2.06 bits per heavy atom. The standard InChI is InChI=1S/C10H10ClN3O2S/c11-9-2-1-7(12)5-10(9)14-17(15,16)8-3-4-13-6-8/h1-6,13-14H,12H2. The largest absolute Gasteiger partial charge is 0.399 e. The molecule has 0 saturated carbocycles. The second kappa shape index (κ2) is 4.31. The molecule has 0 radical (unpaired) electrons. The van der Waals surface area contributed by atoms with E-state index in [2.05, 4.69) is 9.71 Å². The zero-order valence-electron chi connectivity index (χ0n) is 8.64. The van der Waals surface area contributed by atoms with Crippen molar-refractivity contribution in [3.63, 3.8) is 0 Å². The van der Waals surface area contributed by atoms with Crippen molar-refractivity contribution < 1.29 is 8.42 Å². The minimum absolute atomic E-state index is 0.135. The molecule has 0 aliphatic heterocycles. The molecule has 0 saturated heterocycles. The van der Waals surface area contributed by atoms with Crippen LogP contribution in [0, 0.1) is 0 Å². The number of benzene rings is 1. The molecule has 1 heterocycles. The second-order valence-corrected chi connectivity index (χ2v) is 5.48. The van der Waals surface area contributed by atoms with Gasteiger partial charge in [-0.05, 0) is 24.3 Å². The smallest absolute Gasteiger partial charge is 0.263 e. The van der Waals surface area contributed by atoms with Crippen LogP contribution in [0.5, 0.6) is 0 Å². The maximum Gasteiger partial charge on any atom is 0.263 e. The molecule has 2 aromatic rings. The molecule has 0 bridgehead atoms. The fourth-order valence-corrected chi connectivity index (χ4v) is 2.57. The van der Waals surface area contributed by atoms with Crippen LogP contribution in [0.25, 0.3) is 0 Å². The highest BCUT2D eigenvalue weighted by molar-refractivity contribution is 7.92. The summed E-state index contributed by atoms with van der Waals surface area (Å²) in [4.78, 5) is 2.81. The van der Waals surface area contributed by atoms with Crippen LogP contribution in [0.1, 0.15) is 0 Å². The van der Waals surface area contributed by atoms with Gasteiger partial charge in [-0.15, -0.1) is 0 Å². The molecule has 2 rings (SSSR count). The molecule has 4 N–H and O–H groups in total. The Labute approximate surface area is 104 Å². The van der Waals surface area contributed by atoms with Gasteiger partial charge < -0.3 is 10.7 Å². The van der Waals surface area contributed by atoms with Gasteiger partial charge in [-0.1, -0.05) is 11.6 Å². The number of hydrogen-bond acceptors (Lipinski definition) is 3. The molecule has 1 aromatic heterocycles. The van der Waals surface area contributed by atoms with Crippen LogP contribution in [0.2, 0.25) is 5.02 Å². The Hall–Kier alpha value is -1.66. The molecule has 0 amide bonds. The van der Waals surface area contributed by atoms with E-state index in [9.17, 15) is 8.42 Å². The Balaban J connectivity index is 2.36. The van der Waals surface area contributed by atoms with Crippen molar-refractivity contribution in [2.24, 2.45) is 0 Å². The summed E-state index contributed by atoms with van der Waals surface area (Å²) in [5.74, 6) is 0. The van der Waals surface area contributed by atoms with E-state index in [1.165, 1.54) is 30.6 Å². The third-order valence-corrected chi connectivity index (χ3v) is 3.81. The second-order valence-electron chi connectivity index (χ2n) is 3.39. The van der Waals surface area contributed by atoms with Gasteiger partial charge in [0.1, 0.15) is 4.90 Å². The summed E-state index contributed by atoms with van der Waals surface area (Å²) < 4.78 is 26.2. The first-order valence-electron chi connectivity index (χ1n) is 4.70. The Morgan fingerprint density at radius 3 is 2.71 bits per heavy atom. The van der Waals surface area contributed by atoms with E-state index in [-0.39, 0.29) is 10.6 Å². The number of nitrogens with one attached hydrogen (secondary N) is 2. The number of rotatable bonds is 3. The minimum Gasteiger partial charge on any atom is -0.399 e.